The van der Waals surface area contributed by atoms with E-state index in [9.17, 15) is 24.5 Å². The van der Waals surface area contributed by atoms with Crippen LogP contribution in [0.1, 0.15) is 39.8 Å². The monoisotopic (exact) mass is 371 g/mol. The minimum atomic E-state index is -0.835. The van der Waals surface area contributed by atoms with Gasteiger partial charge in [0.25, 0.3) is 17.2 Å². The second-order valence-electron chi connectivity index (χ2n) is 6.44. The first-order chi connectivity index (χ1) is 12.8. The van der Waals surface area contributed by atoms with Gasteiger partial charge in [-0.05, 0) is 30.5 Å². The second-order valence-corrected chi connectivity index (χ2v) is 6.44. The van der Waals surface area contributed by atoms with Crippen LogP contribution in [0, 0.1) is 16.0 Å². The number of nitrogens with zero attached hydrogens (tertiary/aromatic N) is 1. The number of carbonyl (C=O) groups is 2. The number of ketones is 1. The molecule has 1 atom stereocenters. The number of hydrogen-bond donors (Lipinski definition) is 2. The van der Waals surface area contributed by atoms with E-state index < -0.39 is 16.4 Å². The van der Waals surface area contributed by atoms with E-state index in [2.05, 4.69) is 10.3 Å². The van der Waals surface area contributed by atoms with E-state index in [1.807, 2.05) is 6.92 Å². The highest BCUT2D eigenvalue weighted by Crippen LogP contribution is 2.29. The second kappa shape index (κ2) is 7.02. The van der Waals surface area contributed by atoms with Crippen molar-refractivity contribution < 1.29 is 19.2 Å². The van der Waals surface area contributed by atoms with Crippen molar-refractivity contribution in [1.82, 2.24) is 4.98 Å². The van der Waals surface area contributed by atoms with Crippen molar-refractivity contribution in [2.24, 2.45) is 5.92 Å². The summed E-state index contributed by atoms with van der Waals surface area (Å²) in [6.07, 6.45) is 0.881. The van der Waals surface area contributed by atoms with E-state index in [1.165, 1.54) is 25.3 Å². The molecule has 1 aromatic carbocycles. The Hall–Kier alpha value is -3.49. The number of nitro groups is 1. The maximum Gasteiger partial charge on any atom is 0.296 e. The third kappa shape index (κ3) is 3.57. The van der Waals surface area contributed by atoms with Crippen molar-refractivity contribution in [3.05, 3.63) is 61.6 Å². The van der Waals surface area contributed by atoms with Crippen molar-refractivity contribution in [3.8, 4) is 5.75 Å². The largest absolute Gasteiger partial charge is 0.496 e. The molecule has 1 unspecified atom stereocenters. The van der Waals surface area contributed by atoms with Gasteiger partial charge in [-0.15, -0.1) is 0 Å². The van der Waals surface area contributed by atoms with Crippen LogP contribution >= 0.6 is 0 Å². The SMILES string of the molecule is COc1ccc(NC(=O)c2cc3c([nH]c2=O)CC(C)CC3=O)c([N+](=O)[O-])c1. The van der Waals surface area contributed by atoms with Crippen LogP contribution < -0.4 is 15.6 Å². The van der Waals surface area contributed by atoms with Crippen molar-refractivity contribution >= 4 is 23.1 Å². The summed E-state index contributed by atoms with van der Waals surface area (Å²) in [4.78, 5) is 50.1. The van der Waals surface area contributed by atoms with Gasteiger partial charge >= 0.3 is 0 Å². The Morgan fingerprint density at radius 2 is 2.04 bits per heavy atom. The number of anilines is 1. The number of aromatic amines is 1. The summed E-state index contributed by atoms with van der Waals surface area (Å²) < 4.78 is 4.94. The van der Waals surface area contributed by atoms with Crippen LogP contribution in [0.4, 0.5) is 11.4 Å². The summed E-state index contributed by atoms with van der Waals surface area (Å²) in [6.45, 7) is 1.91. The number of Topliss-reactive ketones (excluding diaryl/α,β-unsaturated/α-hetero) is 1. The first-order valence-electron chi connectivity index (χ1n) is 8.23. The number of nitrogens with one attached hydrogen (secondary N) is 2. The molecule has 0 spiro atoms. The Morgan fingerprint density at radius 1 is 1.30 bits per heavy atom. The molecule has 1 amide bonds. The minimum absolute atomic E-state index is 0.0807. The third-order valence-corrected chi connectivity index (χ3v) is 4.40. The van der Waals surface area contributed by atoms with Gasteiger partial charge in [0.1, 0.15) is 17.0 Å². The Morgan fingerprint density at radius 3 is 2.70 bits per heavy atom. The average molecular weight is 371 g/mol. The summed E-state index contributed by atoms with van der Waals surface area (Å²) in [5.74, 6) is -0.614. The fourth-order valence-electron chi connectivity index (χ4n) is 3.08. The maximum atomic E-state index is 12.5. The normalized spacial score (nSPS) is 15.8. The molecule has 0 saturated carbocycles. The number of nitro benzene ring substituents is 1. The van der Waals surface area contributed by atoms with Crippen LogP contribution in [-0.2, 0) is 6.42 Å². The van der Waals surface area contributed by atoms with Crippen LogP contribution in [0.15, 0.2) is 29.1 Å². The number of H-pyrrole nitrogens is 1. The van der Waals surface area contributed by atoms with E-state index >= 15 is 0 Å². The lowest BCUT2D eigenvalue weighted by Gasteiger charge is -2.20. The van der Waals surface area contributed by atoms with Crippen LogP contribution in [0.25, 0.3) is 0 Å². The number of fused-ring (bicyclic) bond motifs is 1. The Kier molecular flexibility index (Phi) is 4.76. The smallest absolute Gasteiger partial charge is 0.296 e. The molecule has 2 aromatic rings. The number of pyridine rings is 1. The molecular formula is C18H17N3O6. The molecule has 1 aliphatic carbocycles. The molecule has 27 heavy (non-hydrogen) atoms. The van der Waals surface area contributed by atoms with Crippen LogP contribution in [0.3, 0.4) is 0 Å². The maximum absolute atomic E-state index is 12.5. The first kappa shape index (κ1) is 18.3. The molecule has 0 bridgehead atoms. The van der Waals surface area contributed by atoms with Gasteiger partial charge in [-0.1, -0.05) is 6.92 Å². The number of amides is 1. The van der Waals surface area contributed by atoms with Crippen molar-refractivity contribution in [2.75, 3.05) is 12.4 Å². The van der Waals surface area contributed by atoms with Gasteiger partial charge in [0.2, 0.25) is 0 Å². The lowest BCUT2D eigenvalue weighted by atomic mass is 9.86. The van der Waals surface area contributed by atoms with E-state index in [4.69, 9.17) is 4.74 Å². The predicted octanol–water partition coefficient (Wildman–Crippen LogP) is 2.31. The van der Waals surface area contributed by atoms with Gasteiger partial charge < -0.3 is 15.0 Å². The molecule has 9 heteroatoms. The number of benzene rings is 1. The van der Waals surface area contributed by atoms with E-state index in [0.717, 1.165) is 6.07 Å². The fraction of sp³-hybridized carbons (Fsp3) is 0.278. The molecule has 0 aliphatic heterocycles. The van der Waals surface area contributed by atoms with Crippen LogP contribution in [-0.4, -0.2) is 28.7 Å². The van der Waals surface area contributed by atoms with Gasteiger partial charge in [-0.25, -0.2) is 0 Å². The van der Waals surface area contributed by atoms with E-state index in [0.29, 0.717) is 24.1 Å². The number of carbonyl (C=O) groups excluding carboxylic acids is 2. The highest BCUT2D eigenvalue weighted by Gasteiger charge is 2.26. The number of hydrogen-bond acceptors (Lipinski definition) is 6. The lowest BCUT2D eigenvalue weighted by Crippen LogP contribution is -2.29. The number of methoxy groups -OCH3 is 1. The summed E-state index contributed by atoms with van der Waals surface area (Å²) in [5, 5.41) is 13.6. The third-order valence-electron chi connectivity index (χ3n) is 4.40. The number of rotatable bonds is 4. The number of ether oxygens (including phenoxy) is 1. The summed E-state index contributed by atoms with van der Waals surface area (Å²) >= 11 is 0. The lowest BCUT2D eigenvalue weighted by molar-refractivity contribution is -0.384. The zero-order valence-electron chi connectivity index (χ0n) is 14.7. The zero-order valence-corrected chi connectivity index (χ0v) is 14.7. The molecule has 0 saturated heterocycles. The molecule has 3 rings (SSSR count). The highest BCUT2D eigenvalue weighted by molar-refractivity contribution is 6.07. The molecule has 140 valence electrons. The highest BCUT2D eigenvalue weighted by atomic mass is 16.6. The Balaban J connectivity index is 1.96. The molecule has 0 radical (unpaired) electrons. The topological polar surface area (TPSA) is 131 Å². The van der Waals surface area contributed by atoms with Gasteiger partial charge in [0, 0.05) is 17.7 Å². The van der Waals surface area contributed by atoms with Crippen molar-refractivity contribution in [1.29, 1.82) is 0 Å². The summed E-state index contributed by atoms with van der Waals surface area (Å²) in [5.41, 5.74) is -0.561. The molecule has 9 nitrogen and oxygen atoms in total. The van der Waals surface area contributed by atoms with Crippen molar-refractivity contribution in [3.63, 3.8) is 0 Å². The summed E-state index contributed by atoms with van der Waals surface area (Å²) in [6, 6.07) is 5.18. The zero-order chi connectivity index (χ0) is 19.7. The molecular weight excluding hydrogens is 354 g/mol. The van der Waals surface area contributed by atoms with Gasteiger partial charge in [0.15, 0.2) is 5.78 Å². The van der Waals surface area contributed by atoms with E-state index in [-0.39, 0.29) is 34.4 Å². The minimum Gasteiger partial charge on any atom is -0.496 e. The molecule has 1 aromatic heterocycles. The van der Waals surface area contributed by atoms with Gasteiger partial charge in [0.05, 0.1) is 18.1 Å². The Bertz CT molecular complexity index is 1010. The van der Waals surface area contributed by atoms with Gasteiger partial charge in [-0.2, -0.15) is 0 Å². The Labute approximate surface area is 153 Å². The molecule has 1 aliphatic rings. The predicted molar refractivity (Wildman–Crippen MR) is 96.5 cm³/mol. The molecule has 1 heterocycles. The quantitative estimate of drug-likeness (QED) is 0.626. The molecule has 2 N–H and O–H groups in total. The summed E-state index contributed by atoms with van der Waals surface area (Å²) in [7, 11) is 1.36. The standard InChI is InChI=1S/C18H17N3O6/c1-9-5-14-11(16(22)6-9)8-12(18(24)20-14)17(23)19-13-4-3-10(27-2)7-15(13)21(25)26/h3-4,7-9H,5-6H2,1-2H3,(H,19,23)(H,20,24). The fourth-order valence-corrected chi connectivity index (χ4v) is 3.08. The van der Waals surface area contributed by atoms with Crippen LogP contribution in [0.5, 0.6) is 5.75 Å². The number of aromatic nitrogens is 1. The van der Waals surface area contributed by atoms with E-state index in [1.54, 1.807) is 0 Å². The van der Waals surface area contributed by atoms with Crippen molar-refractivity contribution in [2.45, 2.75) is 19.8 Å². The average Bonchev–Trinajstić information content (AvgIpc) is 2.60. The van der Waals surface area contributed by atoms with Gasteiger partial charge in [-0.3, -0.25) is 24.5 Å². The van der Waals surface area contributed by atoms with Crippen LogP contribution in [0.2, 0.25) is 0 Å². The first-order valence-corrected chi connectivity index (χ1v) is 8.23. The molecule has 0 fully saturated rings.